The van der Waals surface area contributed by atoms with Gasteiger partial charge in [-0.2, -0.15) is 0 Å². The molecule has 0 aromatic carbocycles. The first-order valence-corrected chi connectivity index (χ1v) is 15.2. The van der Waals surface area contributed by atoms with E-state index in [1.807, 2.05) is 17.9 Å². The molecule has 1 N–H and O–H groups in total. The molecule has 1 aliphatic carbocycles. The van der Waals surface area contributed by atoms with E-state index in [0.29, 0.717) is 51.8 Å². The van der Waals surface area contributed by atoms with Gasteiger partial charge in [0.15, 0.2) is 0 Å². The van der Waals surface area contributed by atoms with Gasteiger partial charge < -0.3 is 24.4 Å². The molecule has 1 spiro atoms. The van der Waals surface area contributed by atoms with Crippen LogP contribution in [-0.2, 0) is 23.9 Å². The van der Waals surface area contributed by atoms with Gasteiger partial charge in [0.2, 0.25) is 11.8 Å². The lowest BCUT2D eigenvalue weighted by Gasteiger charge is -2.40. The second kappa shape index (κ2) is 13.0. The number of nitrogens with zero attached hydrogens (tertiary/aromatic N) is 2. The van der Waals surface area contributed by atoms with E-state index in [1.165, 1.54) is 6.42 Å². The molecule has 4 rings (SSSR count). The first-order chi connectivity index (χ1) is 18.9. The molecule has 218 valence electrons. The summed E-state index contributed by atoms with van der Waals surface area (Å²) in [6.45, 7) is 10.8. The number of esters is 1. The van der Waals surface area contributed by atoms with Crippen molar-refractivity contribution in [3.63, 3.8) is 0 Å². The van der Waals surface area contributed by atoms with Gasteiger partial charge in [0.1, 0.15) is 17.6 Å². The number of amides is 2. The Morgan fingerprint density at radius 1 is 1.13 bits per heavy atom. The van der Waals surface area contributed by atoms with Crippen LogP contribution in [0.15, 0.2) is 25.3 Å². The highest BCUT2D eigenvalue weighted by molar-refractivity contribution is 5.98. The van der Waals surface area contributed by atoms with Crippen LogP contribution in [0.3, 0.4) is 0 Å². The van der Waals surface area contributed by atoms with E-state index in [1.54, 1.807) is 11.0 Å². The fraction of sp³-hybridized carbons (Fsp3) is 0.774. The van der Waals surface area contributed by atoms with Crippen molar-refractivity contribution in [2.75, 3.05) is 26.3 Å². The Labute approximate surface area is 233 Å². The van der Waals surface area contributed by atoms with Crippen molar-refractivity contribution < 1.29 is 29.0 Å². The van der Waals surface area contributed by atoms with E-state index in [4.69, 9.17) is 9.47 Å². The molecule has 2 unspecified atom stereocenters. The number of rotatable bonds is 15. The molecule has 3 heterocycles. The van der Waals surface area contributed by atoms with Crippen molar-refractivity contribution in [3.05, 3.63) is 25.3 Å². The topological polar surface area (TPSA) is 96.4 Å². The van der Waals surface area contributed by atoms with E-state index < -0.39 is 29.1 Å². The van der Waals surface area contributed by atoms with E-state index in [-0.39, 0.29) is 30.4 Å². The summed E-state index contributed by atoms with van der Waals surface area (Å²) in [7, 11) is 0. The minimum absolute atomic E-state index is 0.0239. The highest BCUT2D eigenvalue weighted by Crippen LogP contribution is 2.64. The average molecular weight is 545 g/mol. The molecule has 0 aromatic rings. The lowest BCUT2D eigenvalue weighted by atomic mass is 9.65. The zero-order valence-corrected chi connectivity index (χ0v) is 23.8. The second-order valence-electron chi connectivity index (χ2n) is 11.8. The molecule has 3 saturated heterocycles. The maximum absolute atomic E-state index is 14.5. The Hall–Kier alpha value is -2.19. The predicted molar refractivity (Wildman–Crippen MR) is 149 cm³/mol. The molecule has 5 atom stereocenters. The molecule has 3 aliphatic heterocycles. The highest BCUT2D eigenvalue weighted by Gasteiger charge is 2.79. The normalized spacial score (nSPS) is 31.8. The minimum atomic E-state index is -1.04. The quantitative estimate of drug-likeness (QED) is 0.189. The van der Waals surface area contributed by atoms with Gasteiger partial charge in [0.05, 0.1) is 18.1 Å². The Kier molecular flexibility index (Phi) is 9.92. The maximum Gasteiger partial charge on any atom is 0.312 e. The first kappa shape index (κ1) is 29.8. The predicted octanol–water partition coefficient (Wildman–Crippen LogP) is 4.16. The van der Waals surface area contributed by atoms with Gasteiger partial charge in [0, 0.05) is 25.7 Å². The van der Waals surface area contributed by atoms with E-state index in [0.717, 1.165) is 44.9 Å². The van der Waals surface area contributed by atoms with Gasteiger partial charge in [-0.25, -0.2) is 0 Å². The van der Waals surface area contributed by atoms with Gasteiger partial charge >= 0.3 is 5.97 Å². The van der Waals surface area contributed by atoms with Crippen LogP contribution >= 0.6 is 0 Å². The van der Waals surface area contributed by atoms with Gasteiger partial charge in [-0.1, -0.05) is 38.3 Å². The summed E-state index contributed by atoms with van der Waals surface area (Å²) in [6.07, 6.45) is 14.2. The molecule has 2 bridgehead atoms. The Morgan fingerprint density at radius 3 is 2.56 bits per heavy atom. The lowest BCUT2D eigenvalue weighted by Crippen LogP contribution is -2.58. The number of aliphatic hydroxyl groups excluding tert-OH is 1. The number of hydrogen-bond acceptors (Lipinski definition) is 6. The van der Waals surface area contributed by atoms with Crippen molar-refractivity contribution in [2.24, 2.45) is 11.8 Å². The number of carbonyl (C=O) groups is 3. The van der Waals surface area contributed by atoms with Gasteiger partial charge in [-0.05, 0) is 64.2 Å². The summed E-state index contributed by atoms with van der Waals surface area (Å²) in [4.78, 5) is 45.9. The number of likely N-dealkylation sites (tertiary alicyclic amines) is 1. The molecule has 4 fully saturated rings. The van der Waals surface area contributed by atoms with Gasteiger partial charge in [-0.15, -0.1) is 13.2 Å². The number of fused-ring (bicyclic) bond motifs is 1. The highest BCUT2D eigenvalue weighted by atomic mass is 16.6. The van der Waals surface area contributed by atoms with Crippen LogP contribution in [0.2, 0.25) is 0 Å². The third-order valence-corrected chi connectivity index (χ3v) is 9.65. The summed E-state index contributed by atoms with van der Waals surface area (Å²) < 4.78 is 12.6. The summed E-state index contributed by atoms with van der Waals surface area (Å²) in [6, 6.07) is -0.668. The molecular formula is C31H48N2O6. The van der Waals surface area contributed by atoms with Crippen molar-refractivity contribution in [2.45, 2.75) is 114 Å². The standard InChI is InChI=1S/C31H48N2O6/c1-4-7-8-14-22-38-29(37)25-24-27(35)33(20-12-13-21-34)26(31(24)18-17-30(25,6-3)39-31)28(36)32(19-5-2)23-15-10-9-11-16-23/h4-5,23-26,34H,1-2,6-22H2,3H3/t24-,25-,26?,30+,31?/m0/s1. The number of unbranched alkanes of at least 4 members (excludes halogenated alkanes) is 3. The van der Waals surface area contributed by atoms with Crippen LogP contribution in [-0.4, -0.2) is 82.3 Å². The largest absolute Gasteiger partial charge is 0.465 e. The Morgan fingerprint density at radius 2 is 1.90 bits per heavy atom. The zero-order valence-electron chi connectivity index (χ0n) is 23.8. The second-order valence-corrected chi connectivity index (χ2v) is 11.8. The van der Waals surface area contributed by atoms with Crippen LogP contribution in [0.25, 0.3) is 0 Å². The van der Waals surface area contributed by atoms with E-state index >= 15 is 0 Å². The minimum Gasteiger partial charge on any atom is -0.465 e. The fourth-order valence-electron chi connectivity index (χ4n) is 7.75. The lowest BCUT2D eigenvalue weighted by molar-refractivity contribution is -0.162. The van der Waals surface area contributed by atoms with Gasteiger partial charge in [0.25, 0.3) is 0 Å². The molecule has 0 radical (unpaired) electrons. The van der Waals surface area contributed by atoms with Crippen molar-refractivity contribution in [1.82, 2.24) is 9.80 Å². The molecule has 4 aliphatic rings. The molecular weight excluding hydrogens is 496 g/mol. The number of allylic oxidation sites excluding steroid dienone is 1. The maximum atomic E-state index is 14.5. The average Bonchev–Trinajstić information content (AvgIpc) is 3.55. The fourth-order valence-corrected chi connectivity index (χ4v) is 7.75. The summed E-state index contributed by atoms with van der Waals surface area (Å²) in [5, 5.41) is 9.41. The molecule has 39 heavy (non-hydrogen) atoms. The number of hydrogen-bond donors (Lipinski definition) is 1. The summed E-state index contributed by atoms with van der Waals surface area (Å²) >= 11 is 0. The number of aliphatic hydroxyl groups is 1. The molecule has 2 amide bonds. The first-order valence-electron chi connectivity index (χ1n) is 15.2. The molecule has 8 heteroatoms. The third kappa shape index (κ3) is 5.43. The van der Waals surface area contributed by atoms with Crippen LogP contribution < -0.4 is 0 Å². The smallest absolute Gasteiger partial charge is 0.312 e. The Balaban J connectivity index is 1.66. The number of ether oxygens (including phenoxy) is 2. The molecule has 1 saturated carbocycles. The van der Waals surface area contributed by atoms with Crippen molar-refractivity contribution in [3.8, 4) is 0 Å². The Bertz CT molecular complexity index is 917. The van der Waals surface area contributed by atoms with E-state index in [9.17, 15) is 19.5 Å². The number of carbonyl (C=O) groups excluding carboxylic acids is 3. The monoisotopic (exact) mass is 544 g/mol. The van der Waals surface area contributed by atoms with Crippen LogP contribution in [0.4, 0.5) is 0 Å². The molecule has 8 nitrogen and oxygen atoms in total. The van der Waals surface area contributed by atoms with Gasteiger partial charge in [-0.3, -0.25) is 14.4 Å². The zero-order chi connectivity index (χ0) is 28.0. The molecule has 0 aromatic heterocycles. The summed E-state index contributed by atoms with van der Waals surface area (Å²) in [5.74, 6) is -2.10. The van der Waals surface area contributed by atoms with Crippen molar-refractivity contribution in [1.29, 1.82) is 0 Å². The van der Waals surface area contributed by atoms with Crippen LogP contribution in [0, 0.1) is 11.8 Å². The van der Waals surface area contributed by atoms with Crippen LogP contribution in [0.1, 0.15) is 90.4 Å². The summed E-state index contributed by atoms with van der Waals surface area (Å²) in [5.41, 5.74) is -1.83. The van der Waals surface area contributed by atoms with E-state index in [2.05, 4.69) is 13.2 Å². The SMILES string of the molecule is C=CCCCCOC(=O)[C@@H]1[C@H]2C(=O)N(CCCCO)C(C(=O)N(CC=C)C3CCCCC3)C23CC[C@@]1(CC)O3. The van der Waals surface area contributed by atoms with Crippen molar-refractivity contribution >= 4 is 17.8 Å². The van der Waals surface area contributed by atoms with Crippen LogP contribution in [0.5, 0.6) is 0 Å². The third-order valence-electron chi connectivity index (χ3n) is 9.65.